The monoisotopic (exact) mass is 324 g/mol. The summed E-state index contributed by atoms with van der Waals surface area (Å²) in [5, 5.41) is 12.2. The number of H-pyrrole nitrogens is 1. The van der Waals surface area contributed by atoms with Crippen LogP contribution in [0.5, 0.6) is 0 Å². The number of hydrogen-bond acceptors (Lipinski definition) is 6. The minimum Gasteiger partial charge on any atom is -0.390 e. The number of carbonyl (C=O) groups excluding carboxylic acids is 1. The van der Waals surface area contributed by atoms with E-state index in [-0.39, 0.29) is 24.8 Å². The maximum Gasteiger partial charge on any atom is 0.330 e. The fraction of sp³-hybridized carbons (Fsp3) is 0.500. The van der Waals surface area contributed by atoms with Gasteiger partial charge in [-0.2, -0.15) is 0 Å². The number of rotatable bonds is 5. The maximum absolute atomic E-state index is 11.9. The van der Waals surface area contributed by atoms with Gasteiger partial charge < -0.3 is 20.9 Å². The lowest BCUT2D eigenvalue weighted by atomic mass is 10.1. The van der Waals surface area contributed by atoms with E-state index in [4.69, 9.17) is 10.5 Å². The van der Waals surface area contributed by atoms with Gasteiger partial charge in [0.05, 0.1) is 24.4 Å². The van der Waals surface area contributed by atoms with Gasteiger partial charge in [0, 0.05) is 18.7 Å². The molecule has 2 rings (SSSR count). The van der Waals surface area contributed by atoms with Gasteiger partial charge in [-0.15, -0.1) is 0 Å². The van der Waals surface area contributed by atoms with Gasteiger partial charge in [0.15, 0.2) is 0 Å². The number of nitrogens with zero attached hydrogens (tertiary/aromatic N) is 1. The van der Waals surface area contributed by atoms with Gasteiger partial charge in [-0.25, -0.2) is 4.79 Å². The van der Waals surface area contributed by atoms with Crippen molar-refractivity contribution >= 4 is 12.0 Å². The minimum absolute atomic E-state index is 0.0226. The number of carbonyl (C=O) groups is 1. The Morgan fingerprint density at radius 2 is 2.35 bits per heavy atom. The highest BCUT2D eigenvalue weighted by atomic mass is 16.5. The Morgan fingerprint density at radius 1 is 1.61 bits per heavy atom. The van der Waals surface area contributed by atoms with Crippen molar-refractivity contribution < 1.29 is 14.6 Å². The number of ether oxygens (including phenoxy) is 1. The summed E-state index contributed by atoms with van der Waals surface area (Å²) >= 11 is 0. The van der Waals surface area contributed by atoms with Crippen molar-refractivity contribution in [3.8, 4) is 0 Å². The summed E-state index contributed by atoms with van der Waals surface area (Å²) in [6.45, 7) is 1.85. The van der Waals surface area contributed by atoms with Crippen molar-refractivity contribution in [2.75, 3.05) is 6.67 Å². The number of aliphatic hydroxyl groups excluding tert-OH is 1. The first-order chi connectivity index (χ1) is 11.0. The smallest absolute Gasteiger partial charge is 0.330 e. The number of aromatic nitrogens is 2. The molecule has 1 aromatic rings. The van der Waals surface area contributed by atoms with Crippen LogP contribution in [-0.4, -0.2) is 39.4 Å². The zero-order chi connectivity index (χ0) is 17.0. The van der Waals surface area contributed by atoms with Crippen LogP contribution in [0.15, 0.2) is 21.9 Å². The van der Waals surface area contributed by atoms with E-state index in [1.165, 1.54) is 16.8 Å². The Morgan fingerprint density at radius 3 is 2.96 bits per heavy atom. The lowest BCUT2D eigenvalue weighted by Crippen LogP contribution is -2.33. The molecule has 1 aliphatic heterocycles. The van der Waals surface area contributed by atoms with Crippen LogP contribution in [0.2, 0.25) is 0 Å². The van der Waals surface area contributed by atoms with Crippen molar-refractivity contribution in [3.05, 3.63) is 38.7 Å². The predicted molar refractivity (Wildman–Crippen MR) is 82.4 cm³/mol. The van der Waals surface area contributed by atoms with Gasteiger partial charge >= 0.3 is 5.69 Å². The Balaban J connectivity index is 2.29. The Labute approximate surface area is 131 Å². The molecule has 5 N–H and O–H groups in total. The molecule has 1 aliphatic rings. The third-order valence-electron chi connectivity index (χ3n) is 3.60. The topological polar surface area (TPSA) is 139 Å². The van der Waals surface area contributed by atoms with E-state index in [1.54, 1.807) is 0 Å². The Bertz CT molecular complexity index is 708. The number of aromatic amines is 1. The number of amides is 1. The van der Waals surface area contributed by atoms with Gasteiger partial charge in [0.2, 0.25) is 5.91 Å². The highest BCUT2D eigenvalue weighted by molar-refractivity contribution is 5.91. The summed E-state index contributed by atoms with van der Waals surface area (Å²) in [4.78, 5) is 37.3. The second-order valence-electron chi connectivity index (χ2n) is 5.17. The largest absolute Gasteiger partial charge is 0.390 e. The first-order valence-electron chi connectivity index (χ1n) is 7.31. The van der Waals surface area contributed by atoms with Crippen LogP contribution >= 0.6 is 0 Å². The molecule has 9 heteroatoms. The average Bonchev–Trinajstić information content (AvgIpc) is 2.87. The van der Waals surface area contributed by atoms with Crippen LogP contribution in [0.4, 0.5) is 0 Å². The average molecular weight is 324 g/mol. The zero-order valence-electron chi connectivity index (χ0n) is 12.7. The zero-order valence-corrected chi connectivity index (χ0v) is 12.7. The van der Waals surface area contributed by atoms with E-state index in [0.29, 0.717) is 6.42 Å². The molecular weight excluding hydrogens is 304 g/mol. The van der Waals surface area contributed by atoms with Crippen LogP contribution in [0, 0.1) is 0 Å². The van der Waals surface area contributed by atoms with E-state index >= 15 is 0 Å². The fourth-order valence-corrected chi connectivity index (χ4v) is 2.41. The first kappa shape index (κ1) is 17.1. The van der Waals surface area contributed by atoms with Crippen LogP contribution in [0.25, 0.3) is 6.08 Å². The lowest BCUT2D eigenvalue weighted by molar-refractivity contribution is -0.116. The van der Waals surface area contributed by atoms with Gasteiger partial charge in [0.25, 0.3) is 5.56 Å². The second kappa shape index (κ2) is 7.36. The molecule has 0 aromatic carbocycles. The molecule has 0 aliphatic carbocycles. The van der Waals surface area contributed by atoms with Crippen molar-refractivity contribution in [3.63, 3.8) is 0 Å². The molecule has 2 heterocycles. The quantitative estimate of drug-likeness (QED) is 0.390. The van der Waals surface area contributed by atoms with Crippen molar-refractivity contribution in [2.24, 2.45) is 5.73 Å². The molecule has 9 nitrogen and oxygen atoms in total. The third kappa shape index (κ3) is 3.95. The molecule has 0 radical (unpaired) electrons. The molecule has 0 saturated carbocycles. The predicted octanol–water partition coefficient (Wildman–Crippen LogP) is -1.36. The molecule has 1 saturated heterocycles. The number of hydrogen-bond donors (Lipinski definition) is 4. The molecule has 1 fully saturated rings. The number of nitrogens with one attached hydrogen (secondary N) is 2. The van der Waals surface area contributed by atoms with Crippen LogP contribution in [0.3, 0.4) is 0 Å². The maximum atomic E-state index is 11.9. The van der Waals surface area contributed by atoms with Gasteiger partial charge in [-0.3, -0.25) is 19.1 Å². The summed E-state index contributed by atoms with van der Waals surface area (Å²) in [5.74, 6) is -0.455. The lowest BCUT2D eigenvalue weighted by Gasteiger charge is -2.15. The molecule has 1 amide bonds. The van der Waals surface area contributed by atoms with Gasteiger partial charge in [-0.05, 0) is 12.5 Å². The molecule has 1 aromatic heterocycles. The normalized spacial score (nSPS) is 24.2. The highest BCUT2D eigenvalue weighted by Crippen LogP contribution is 2.29. The van der Waals surface area contributed by atoms with Gasteiger partial charge in [0.1, 0.15) is 6.23 Å². The molecule has 0 bridgehead atoms. The Kier molecular flexibility index (Phi) is 5.48. The second-order valence-corrected chi connectivity index (χ2v) is 5.17. The molecule has 3 atom stereocenters. The van der Waals surface area contributed by atoms with E-state index in [2.05, 4.69) is 10.3 Å². The molecule has 1 unspecified atom stereocenters. The van der Waals surface area contributed by atoms with Crippen molar-refractivity contribution in [2.45, 2.75) is 38.2 Å². The first-order valence-corrected chi connectivity index (χ1v) is 7.31. The molecule has 0 spiro atoms. The van der Waals surface area contributed by atoms with E-state index in [9.17, 15) is 19.5 Å². The SMILES string of the molecule is CC[C@H]1O[C@@H](n2cc(/C=C/C(=O)NCN)c(=O)[nH]c2=O)CC1O. The van der Waals surface area contributed by atoms with E-state index in [0.717, 1.165) is 6.08 Å². The molecule has 126 valence electrons. The molecule has 23 heavy (non-hydrogen) atoms. The minimum atomic E-state index is -0.668. The number of aliphatic hydroxyl groups is 1. The summed E-state index contributed by atoms with van der Waals surface area (Å²) in [6, 6.07) is 0. The number of nitrogens with two attached hydrogens (primary N) is 1. The van der Waals surface area contributed by atoms with E-state index in [1.807, 2.05) is 6.92 Å². The highest BCUT2D eigenvalue weighted by Gasteiger charge is 2.34. The van der Waals surface area contributed by atoms with Crippen molar-refractivity contribution in [1.29, 1.82) is 0 Å². The summed E-state index contributed by atoms with van der Waals surface area (Å²) in [7, 11) is 0. The van der Waals surface area contributed by atoms with Gasteiger partial charge in [-0.1, -0.05) is 6.92 Å². The van der Waals surface area contributed by atoms with Crippen LogP contribution < -0.4 is 22.3 Å². The standard InChI is InChI=1S/C14H20N4O5/c1-2-10-9(19)5-12(23-10)18-6-8(13(21)17-14(18)22)3-4-11(20)16-7-15/h3-4,6,9-10,12,19H,2,5,7,15H2,1H3,(H,16,20)(H,17,21,22)/b4-3+/t9?,10-,12-/m1/s1. The summed E-state index contributed by atoms with van der Waals surface area (Å²) in [5.41, 5.74) is 4.05. The van der Waals surface area contributed by atoms with Crippen LogP contribution in [0.1, 0.15) is 31.6 Å². The van der Waals surface area contributed by atoms with E-state index < -0.39 is 29.5 Å². The fourth-order valence-electron chi connectivity index (χ4n) is 2.41. The summed E-state index contributed by atoms with van der Waals surface area (Å²) < 4.78 is 6.83. The summed E-state index contributed by atoms with van der Waals surface area (Å²) in [6.07, 6.45) is 2.91. The molecular formula is C14H20N4O5. The Hall–Kier alpha value is -2.23. The van der Waals surface area contributed by atoms with Crippen LogP contribution in [-0.2, 0) is 9.53 Å². The van der Waals surface area contributed by atoms with Crippen molar-refractivity contribution in [1.82, 2.24) is 14.9 Å². The third-order valence-corrected chi connectivity index (χ3v) is 3.60.